The summed E-state index contributed by atoms with van der Waals surface area (Å²) in [4.78, 5) is 36.9. The maximum atomic E-state index is 12.6. The van der Waals surface area contributed by atoms with Crippen LogP contribution in [0.15, 0.2) is 59.7 Å². The number of hydrogen-bond acceptors (Lipinski definition) is 9. The van der Waals surface area contributed by atoms with Gasteiger partial charge >= 0.3 is 5.69 Å². The van der Waals surface area contributed by atoms with Crippen molar-refractivity contribution in [3.05, 3.63) is 88.0 Å². The predicted octanol–water partition coefficient (Wildman–Crippen LogP) is 1.64. The van der Waals surface area contributed by atoms with E-state index in [4.69, 9.17) is 25.8 Å². The Kier molecular flexibility index (Phi) is 8.07. The molecule has 0 radical (unpaired) electrons. The second-order valence-electron chi connectivity index (χ2n) is 7.45. The molecule has 0 amide bonds. The van der Waals surface area contributed by atoms with Crippen molar-refractivity contribution in [2.75, 3.05) is 12.4 Å². The van der Waals surface area contributed by atoms with Gasteiger partial charge in [0.2, 0.25) is 5.88 Å². The lowest BCUT2D eigenvalue weighted by atomic mass is 10.1. The number of H-pyrrole nitrogens is 1. The number of nitrogens with zero attached hydrogens (tertiary/aromatic N) is 5. The average Bonchev–Trinajstić information content (AvgIpc) is 3.23. The van der Waals surface area contributed by atoms with Gasteiger partial charge in [-0.25, -0.2) is 19.7 Å². The summed E-state index contributed by atoms with van der Waals surface area (Å²) in [6, 6.07) is 11.8. The van der Waals surface area contributed by atoms with E-state index >= 15 is 0 Å². The highest BCUT2D eigenvalue weighted by molar-refractivity contribution is 5.95. The molecule has 0 aliphatic heterocycles. The van der Waals surface area contributed by atoms with E-state index in [2.05, 4.69) is 30.4 Å². The Morgan fingerprint density at radius 1 is 1.22 bits per heavy atom. The van der Waals surface area contributed by atoms with E-state index in [1.165, 1.54) is 19.5 Å². The Balaban J connectivity index is 0.000000840. The predicted molar refractivity (Wildman–Crippen MR) is 132 cm³/mol. The summed E-state index contributed by atoms with van der Waals surface area (Å²) in [5.41, 5.74) is 7.94. The molecule has 3 aromatic heterocycles. The molecule has 0 fully saturated rings. The number of aromatic amines is 1. The second-order valence-corrected chi connectivity index (χ2v) is 7.45. The first-order chi connectivity index (χ1) is 17.2. The van der Waals surface area contributed by atoms with Gasteiger partial charge in [0, 0.05) is 42.3 Å². The highest BCUT2D eigenvalue weighted by Crippen LogP contribution is 2.27. The zero-order valence-electron chi connectivity index (χ0n) is 19.8. The third-order valence-electron chi connectivity index (χ3n) is 4.65. The average molecular weight is 492 g/mol. The van der Waals surface area contributed by atoms with Crippen LogP contribution in [-0.4, -0.2) is 53.7 Å². The van der Waals surface area contributed by atoms with Gasteiger partial charge in [-0.1, -0.05) is 0 Å². The van der Waals surface area contributed by atoms with Crippen molar-refractivity contribution in [1.82, 2.24) is 29.7 Å². The quantitative estimate of drug-likeness (QED) is 0.187. The normalized spacial score (nSPS) is 11.1. The number of anilines is 1. The van der Waals surface area contributed by atoms with Crippen LogP contribution < -0.4 is 21.5 Å². The lowest BCUT2D eigenvalue weighted by molar-refractivity contribution is -0.134. The topological polar surface area (TPSA) is 198 Å². The molecule has 36 heavy (non-hydrogen) atoms. The SMILES string of the molecule is CC(=O)O.COc1cc([C@H](Nc2ccc(C(=N)N)cc2)c2nn(-c3ncccn3)c(=O)[nH]2)cc(C)n1. The van der Waals surface area contributed by atoms with Crippen LogP contribution in [-0.2, 0) is 4.79 Å². The fourth-order valence-corrected chi connectivity index (χ4v) is 3.16. The van der Waals surface area contributed by atoms with Gasteiger partial charge in [0.15, 0.2) is 5.82 Å². The zero-order chi connectivity index (χ0) is 26.2. The van der Waals surface area contributed by atoms with Crippen LogP contribution in [0.5, 0.6) is 5.88 Å². The lowest BCUT2D eigenvalue weighted by Crippen LogP contribution is -2.18. The summed E-state index contributed by atoms with van der Waals surface area (Å²) in [5.74, 6) is 0.0965. The Morgan fingerprint density at radius 2 is 1.86 bits per heavy atom. The molecule has 186 valence electrons. The van der Waals surface area contributed by atoms with Crippen LogP contribution >= 0.6 is 0 Å². The van der Waals surface area contributed by atoms with Gasteiger partial charge in [0.25, 0.3) is 11.9 Å². The number of carboxylic acid groups (broad SMARTS) is 1. The number of nitrogens with one attached hydrogen (secondary N) is 3. The minimum Gasteiger partial charge on any atom is -0.481 e. The first kappa shape index (κ1) is 25.6. The molecule has 0 saturated heterocycles. The van der Waals surface area contributed by atoms with Crippen molar-refractivity contribution in [1.29, 1.82) is 5.41 Å². The first-order valence-electron chi connectivity index (χ1n) is 10.6. The molecule has 0 bridgehead atoms. The van der Waals surface area contributed by atoms with Crippen LogP contribution in [0.25, 0.3) is 5.95 Å². The molecule has 4 rings (SSSR count). The number of pyridine rings is 1. The molecule has 0 unspecified atom stereocenters. The Morgan fingerprint density at radius 3 is 2.44 bits per heavy atom. The van der Waals surface area contributed by atoms with Crippen molar-refractivity contribution in [2.45, 2.75) is 19.9 Å². The minimum absolute atomic E-state index is 0.0199. The third-order valence-corrected chi connectivity index (χ3v) is 4.65. The molecule has 1 atom stereocenters. The second kappa shape index (κ2) is 11.4. The van der Waals surface area contributed by atoms with Crippen molar-refractivity contribution in [2.24, 2.45) is 5.73 Å². The Bertz CT molecular complexity index is 1400. The van der Waals surface area contributed by atoms with Crippen molar-refractivity contribution in [3.63, 3.8) is 0 Å². The summed E-state index contributed by atoms with van der Waals surface area (Å²) in [5, 5.41) is 22.8. The number of aliphatic carboxylic acids is 1. The van der Waals surface area contributed by atoms with Gasteiger partial charge in [-0.2, -0.15) is 0 Å². The van der Waals surface area contributed by atoms with Gasteiger partial charge in [0.05, 0.1) is 7.11 Å². The molecule has 6 N–H and O–H groups in total. The van der Waals surface area contributed by atoms with E-state index in [0.717, 1.165) is 28.6 Å². The zero-order valence-corrected chi connectivity index (χ0v) is 19.8. The molecule has 13 heteroatoms. The third kappa shape index (κ3) is 6.50. The number of benzene rings is 1. The number of hydrogen-bond donors (Lipinski definition) is 5. The van der Waals surface area contributed by atoms with Gasteiger partial charge in [0.1, 0.15) is 11.9 Å². The number of nitrogen functional groups attached to an aromatic ring is 1. The molecule has 13 nitrogen and oxygen atoms in total. The van der Waals surface area contributed by atoms with Crippen molar-refractivity contribution < 1.29 is 14.6 Å². The van der Waals surface area contributed by atoms with Crippen LogP contribution in [0.1, 0.15) is 35.6 Å². The van der Waals surface area contributed by atoms with Crippen molar-refractivity contribution >= 4 is 17.5 Å². The van der Waals surface area contributed by atoms with E-state index in [9.17, 15) is 4.79 Å². The smallest absolute Gasteiger partial charge is 0.350 e. The minimum atomic E-state index is -0.833. The summed E-state index contributed by atoms with van der Waals surface area (Å²) < 4.78 is 6.42. The molecule has 1 aromatic carbocycles. The maximum Gasteiger partial charge on any atom is 0.350 e. The maximum absolute atomic E-state index is 12.6. The van der Waals surface area contributed by atoms with Crippen LogP contribution in [0, 0.1) is 12.3 Å². The number of amidine groups is 1. The summed E-state index contributed by atoms with van der Waals surface area (Å²) in [6.07, 6.45) is 3.07. The van der Waals surface area contributed by atoms with E-state index in [-0.39, 0.29) is 11.8 Å². The van der Waals surface area contributed by atoms with Crippen LogP contribution in [0.2, 0.25) is 0 Å². The van der Waals surface area contributed by atoms with Crippen LogP contribution in [0.3, 0.4) is 0 Å². The molecule has 0 saturated carbocycles. The van der Waals surface area contributed by atoms with E-state index in [1.807, 2.05) is 13.0 Å². The number of aryl methyl sites for hydroxylation is 1. The summed E-state index contributed by atoms with van der Waals surface area (Å²) in [6.45, 7) is 2.93. The fraction of sp³-hybridized carbons (Fsp3) is 0.174. The van der Waals surface area contributed by atoms with Gasteiger partial charge < -0.3 is 20.9 Å². The molecule has 4 aromatic rings. The van der Waals surface area contributed by atoms with Gasteiger partial charge in [-0.3, -0.25) is 15.2 Å². The molecule has 0 aliphatic rings. The Labute approximate surface area is 205 Å². The number of ether oxygens (including phenoxy) is 1. The number of rotatable bonds is 7. The van der Waals surface area contributed by atoms with E-state index in [1.54, 1.807) is 36.4 Å². The molecular weight excluding hydrogens is 466 g/mol. The Hall–Kier alpha value is -5.07. The lowest BCUT2D eigenvalue weighted by Gasteiger charge is -2.19. The number of carboxylic acids is 1. The molecule has 0 aliphatic carbocycles. The number of aromatic nitrogens is 6. The number of methoxy groups -OCH3 is 1. The van der Waals surface area contributed by atoms with Gasteiger partial charge in [-0.15, -0.1) is 9.78 Å². The van der Waals surface area contributed by atoms with E-state index < -0.39 is 17.7 Å². The summed E-state index contributed by atoms with van der Waals surface area (Å²) >= 11 is 0. The van der Waals surface area contributed by atoms with Crippen molar-refractivity contribution in [3.8, 4) is 11.8 Å². The molecule has 3 heterocycles. The molecule has 0 spiro atoms. The fourth-order valence-electron chi connectivity index (χ4n) is 3.16. The standard InChI is InChI=1S/C21H21N9O2.C2H4O2/c1-12-10-14(11-16(26-12)32-2)17(27-15-6-4-13(5-7-15)18(22)23)19-28-21(31)30(29-19)20-24-8-3-9-25-20;1-2(3)4/h3-11,17,27H,1-2H3,(H3,22,23)(H,28,29,31);1H3,(H,3,4)/t17-;/m0./s1. The largest absolute Gasteiger partial charge is 0.481 e. The van der Waals surface area contributed by atoms with E-state index in [0.29, 0.717) is 17.3 Å². The highest BCUT2D eigenvalue weighted by Gasteiger charge is 2.22. The highest BCUT2D eigenvalue weighted by atomic mass is 16.5. The number of nitrogens with two attached hydrogens (primary N) is 1. The van der Waals surface area contributed by atoms with Gasteiger partial charge in [-0.05, 0) is 48.9 Å². The van der Waals surface area contributed by atoms with Crippen LogP contribution in [0.4, 0.5) is 5.69 Å². The summed E-state index contributed by atoms with van der Waals surface area (Å²) in [7, 11) is 1.54. The molecular formula is C23H25N9O4. The number of carbonyl (C=O) groups is 1. The first-order valence-corrected chi connectivity index (χ1v) is 10.6. The monoisotopic (exact) mass is 491 g/mol.